The van der Waals surface area contributed by atoms with Crippen molar-refractivity contribution >= 4 is 11.3 Å². The Kier molecular flexibility index (Phi) is 3.27. The highest BCUT2D eigenvalue weighted by atomic mass is 32.1. The first-order valence-electron chi connectivity index (χ1n) is 5.14. The van der Waals surface area contributed by atoms with Gasteiger partial charge in [0.1, 0.15) is 5.75 Å². The van der Waals surface area contributed by atoms with Crippen LogP contribution in [0.25, 0.3) is 0 Å². The van der Waals surface area contributed by atoms with Crippen LogP contribution in [0, 0.1) is 6.92 Å². The van der Waals surface area contributed by atoms with Gasteiger partial charge < -0.3 is 10.5 Å². The fraction of sp³-hybridized carbons (Fsp3) is 0.231. The summed E-state index contributed by atoms with van der Waals surface area (Å²) >= 11 is 1.67. The van der Waals surface area contributed by atoms with E-state index in [1.807, 2.05) is 23.6 Å². The topological polar surface area (TPSA) is 35.2 Å². The van der Waals surface area contributed by atoms with Crippen LogP contribution in [0.1, 0.15) is 22.7 Å². The molecule has 16 heavy (non-hydrogen) atoms. The second-order valence-electron chi connectivity index (χ2n) is 3.76. The largest absolute Gasteiger partial charge is 0.497 e. The number of aryl methyl sites for hydroxylation is 1. The molecule has 2 rings (SSSR count). The number of methoxy groups -OCH3 is 1. The van der Waals surface area contributed by atoms with E-state index in [-0.39, 0.29) is 6.04 Å². The highest BCUT2D eigenvalue weighted by molar-refractivity contribution is 7.08. The Balaban J connectivity index is 2.34. The molecule has 1 aromatic carbocycles. The Morgan fingerprint density at radius 2 is 2.12 bits per heavy atom. The smallest absolute Gasteiger partial charge is 0.119 e. The molecule has 1 atom stereocenters. The third-order valence-corrected chi connectivity index (χ3v) is 3.42. The molecule has 2 N–H and O–H groups in total. The van der Waals surface area contributed by atoms with Gasteiger partial charge in [-0.1, -0.05) is 6.07 Å². The first-order chi connectivity index (χ1) is 7.72. The molecule has 0 saturated heterocycles. The zero-order valence-corrected chi connectivity index (χ0v) is 10.3. The van der Waals surface area contributed by atoms with E-state index in [1.165, 1.54) is 5.56 Å². The maximum Gasteiger partial charge on any atom is 0.119 e. The normalized spacial score (nSPS) is 12.4. The van der Waals surface area contributed by atoms with Crippen LogP contribution < -0.4 is 10.5 Å². The fourth-order valence-electron chi connectivity index (χ4n) is 1.76. The van der Waals surface area contributed by atoms with E-state index in [1.54, 1.807) is 18.4 Å². The minimum atomic E-state index is -0.0443. The summed E-state index contributed by atoms with van der Waals surface area (Å²) in [5.74, 6) is 0.874. The summed E-state index contributed by atoms with van der Waals surface area (Å²) in [7, 11) is 1.67. The first kappa shape index (κ1) is 11.2. The lowest BCUT2D eigenvalue weighted by Gasteiger charge is -2.14. The lowest BCUT2D eigenvalue weighted by molar-refractivity contribution is 0.414. The van der Waals surface area contributed by atoms with Crippen LogP contribution >= 0.6 is 11.3 Å². The van der Waals surface area contributed by atoms with E-state index < -0.39 is 0 Å². The van der Waals surface area contributed by atoms with Gasteiger partial charge in [-0.05, 0) is 52.6 Å². The minimum Gasteiger partial charge on any atom is -0.497 e. The van der Waals surface area contributed by atoms with E-state index in [0.717, 1.165) is 16.9 Å². The third-order valence-electron chi connectivity index (χ3n) is 2.71. The van der Waals surface area contributed by atoms with Crippen molar-refractivity contribution < 1.29 is 4.74 Å². The Hall–Kier alpha value is -1.32. The first-order valence-corrected chi connectivity index (χ1v) is 6.09. The summed E-state index contributed by atoms with van der Waals surface area (Å²) in [4.78, 5) is 0. The van der Waals surface area contributed by atoms with Crippen LogP contribution in [0.5, 0.6) is 5.75 Å². The van der Waals surface area contributed by atoms with Gasteiger partial charge in [-0.2, -0.15) is 11.3 Å². The van der Waals surface area contributed by atoms with Crippen LogP contribution in [-0.2, 0) is 0 Å². The molecule has 2 nitrogen and oxygen atoms in total. The second kappa shape index (κ2) is 4.68. The molecular weight excluding hydrogens is 218 g/mol. The lowest BCUT2D eigenvalue weighted by atomic mass is 9.97. The summed E-state index contributed by atoms with van der Waals surface area (Å²) in [6.45, 7) is 2.06. The van der Waals surface area contributed by atoms with Crippen molar-refractivity contribution in [3.8, 4) is 5.75 Å². The Bertz CT molecular complexity index is 465. The van der Waals surface area contributed by atoms with Gasteiger partial charge in [0.25, 0.3) is 0 Å². The van der Waals surface area contributed by atoms with Gasteiger partial charge in [0.2, 0.25) is 0 Å². The highest BCUT2D eigenvalue weighted by Crippen LogP contribution is 2.26. The third kappa shape index (κ3) is 2.10. The van der Waals surface area contributed by atoms with Crippen molar-refractivity contribution in [2.75, 3.05) is 7.11 Å². The van der Waals surface area contributed by atoms with Gasteiger partial charge in [0.05, 0.1) is 13.2 Å². The lowest BCUT2D eigenvalue weighted by Crippen LogP contribution is -2.12. The maximum atomic E-state index is 6.22. The van der Waals surface area contributed by atoms with Gasteiger partial charge in [0, 0.05) is 0 Å². The van der Waals surface area contributed by atoms with E-state index in [4.69, 9.17) is 10.5 Å². The molecule has 0 aliphatic carbocycles. The van der Waals surface area contributed by atoms with Crippen molar-refractivity contribution in [3.63, 3.8) is 0 Å². The van der Waals surface area contributed by atoms with E-state index in [0.29, 0.717) is 0 Å². The number of hydrogen-bond acceptors (Lipinski definition) is 3. The molecule has 0 aliphatic heterocycles. The van der Waals surface area contributed by atoms with Gasteiger partial charge in [-0.15, -0.1) is 0 Å². The average Bonchev–Trinajstić information content (AvgIpc) is 2.81. The predicted molar refractivity (Wildman–Crippen MR) is 68.1 cm³/mol. The molecule has 0 saturated carbocycles. The molecule has 0 unspecified atom stereocenters. The predicted octanol–water partition coefficient (Wildman–Crippen LogP) is 3.11. The molecule has 0 bridgehead atoms. The summed E-state index contributed by atoms with van der Waals surface area (Å²) in [6.07, 6.45) is 0. The maximum absolute atomic E-state index is 6.22. The molecule has 1 heterocycles. The monoisotopic (exact) mass is 233 g/mol. The minimum absolute atomic E-state index is 0.0443. The molecule has 0 spiro atoms. The van der Waals surface area contributed by atoms with Gasteiger partial charge in [-0.25, -0.2) is 0 Å². The quantitative estimate of drug-likeness (QED) is 0.884. The van der Waals surface area contributed by atoms with E-state index in [2.05, 4.69) is 18.4 Å². The van der Waals surface area contributed by atoms with Crippen LogP contribution in [0.2, 0.25) is 0 Å². The van der Waals surface area contributed by atoms with Crippen molar-refractivity contribution in [2.45, 2.75) is 13.0 Å². The molecule has 0 radical (unpaired) electrons. The SMILES string of the molecule is COc1ccc([C@@H](N)c2ccsc2)c(C)c1. The molecule has 0 fully saturated rings. The molecular formula is C13H15NOS. The number of rotatable bonds is 3. The Morgan fingerprint density at radius 3 is 2.69 bits per heavy atom. The summed E-state index contributed by atoms with van der Waals surface area (Å²) in [6, 6.07) is 8.03. The number of thiophene rings is 1. The number of ether oxygens (including phenoxy) is 1. The van der Waals surface area contributed by atoms with Crippen molar-refractivity contribution in [1.82, 2.24) is 0 Å². The van der Waals surface area contributed by atoms with Crippen LogP contribution in [0.3, 0.4) is 0 Å². The van der Waals surface area contributed by atoms with Crippen LogP contribution in [-0.4, -0.2) is 7.11 Å². The zero-order chi connectivity index (χ0) is 11.5. The van der Waals surface area contributed by atoms with E-state index >= 15 is 0 Å². The molecule has 2 aromatic rings. The number of nitrogens with two attached hydrogens (primary N) is 1. The Labute approximate surface area is 99.7 Å². The van der Waals surface area contributed by atoms with Crippen molar-refractivity contribution in [3.05, 3.63) is 51.7 Å². The molecule has 0 aliphatic rings. The average molecular weight is 233 g/mol. The zero-order valence-electron chi connectivity index (χ0n) is 9.44. The summed E-state index contributed by atoms with van der Waals surface area (Å²) in [5.41, 5.74) is 9.70. The van der Waals surface area contributed by atoms with Crippen LogP contribution in [0.15, 0.2) is 35.0 Å². The summed E-state index contributed by atoms with van der Waals surface area (Å²) in [5, 5.41) is 4.14. The summed E-state index contributed by atoms with van der Waals surface area (Å²) < 4.78 is 5.18. The Morgan fingerprint density at radius 1 is 1.31 bits per heavy atom. The fourth-order valence-corrected chi connectivity index (χ4v) is 2.45. The van der Waals surface area contributed by atoms with Gasteiger partial charge in [-0.3, -0.25) is 0 Å². The standard InChI is InChI=1S/C13H15NOS/c1-9-7-11(15-2)3-4-12(9)13(14)10-5-6-16-8-10/h3-8,13H,14H2,1-2H3/t13-/m0/s1. The molecule has 84 valence electrons. The van der Waals surface area contributed by atoms with Gasteiger partial charge in [0.15, 0.2) is 0 Å². The second-order valence-corrected chi connectivity index (χ2v) is 4.54. The molecule has 3 heteroatoms. The molecule has 1 aromatic heterocycles. The van der Waals surface area contributed by atoms with Crippen LogP contribution in [0.4, 0.5) is 0 Å². The van der Waals surface area contributed by atoms with Crippen molar-refractivity contribution in [2.24, 2.45) is 5.73 Å². The number of benzene rings is 1. The van der Waals surface area contributed by atoms with Crippen molar-refractivity contribution in [1.29, 1.82) is 0 Å². The highest BCUT2D eigenvalue weighted by Gasteiger charge is 2.12. The van der Waals surface area contributed by atoms with E-state index in [9.17, 15) is 0 Å². The molecule has 0 amide bonds. The van der Waals surface area contributed by atoms with Gasteiger partial charge >= 0.3 is 0 Å². The number of hydrogen-bond donors (Lipinski definition) is 1.